The highest BCUT2D eigenvalue weighted by Gasteiger charge is 2.03. The van der Waals surface area contributed by atoms with Gasteiger partial charge in [0.25, 0.3) is 0 Å². The molecule has 4 nitrogen and oxygen atoms in total. The van der Waals surface area contributed by atoms with E-state index in [1.165, 1.54) is 6.08 Å². The first-order valence-corrected chi connectivity index (χ1v) is 7.21. The Balaban J connectivity index is 0. The van der Waals surface area contributed by atoms with E-state index in [-0.39, 0.29) is 5.97 Å². The van der Waals surface area contributed by atoms with Crippen molar-refractivity contribution in [2.24, 2.45) is 0 Å². The van der Waals surface area contributed by atoms with Crippen LogP contribution in [0.2, 0.25) is 0 Å². The van der Waals surface area contributed by atoms with E-state index >= 15 is 0 Å². The zero-order valence-corrected chi connectivity index (χ0v) is 13.1. The minimum atomic E-state index is -0.782. The van der Waals surface area contributed by atoms with Gasteiger partial charge in [0.1, 0.15) is 0 Å². The number of hydrogen-bond acceptors (Lipinski definition) is 3. The lowest BCUT2D eigenvalue weighted by Gasteiger charge is -1.97. The lowest BCUT2D eigenvalue weighted by atomic mass is 10.1. The number of carbonyl (C=O) groups is 2. The molecular formula is C16H28O4. The van der Waals surface area contributed by atoms with Crippen LogP contribution in [0.3, 0.4) is 0 Å². The Morgan fingerprint density at radius 2 is 1.70 bits per heavy atom. The summed E-state index contributed by atoms with van der Waals surface area (Å²) in [6.07, 6.45) is 9.48. The van der Waals surface area contributed by atoms with E-state index in [1.54, 1.807) is 26.0 Å². The zero-order valence-electron chi connectivity index (χ0n) is 13.1. The summed E-state index contributed by atoms with van der Waals surface area (Å²) in [6.45, 7) is 8.21. The molecule has 4 heteroatoms. The van der Waals surface area contributed by atoms with Crippen LogP contribution in [0.25, 0.3) is 0 Å². The van der Waals surface area contributed by atoms with Gasteiger partial charge < -0.3 is 9.84 Å². The van der Waals surface area contributed by atoms with Crippen LogP contribution in [0.4, 0.5) is 0 Å². The molecule has 0 bridgehead atoms. The van der Waals surface area contributed by atoms with Gasteiger partial charge in [-0.3, -0.25) is 0 Å². The summed E-state index contributed by atoms with van der Waals surface area (Å²) in [5, 5.41) is 8.53. The fourth-order valence-electron chi connectivity index (χ4n) is 1.24. The Morgan fingerprint density at radius 1 is 1.10 bits per heavy atom. The Kier molecular flexibility index (Phi) is 16.0. The molecular weight excluding hydrogens is 256 g/mol. The van der Waals surface area contributed by atoms with E-state index in [0.29, 0.717) is 18.6 Å². The van der Waals surface area contributed by atoms with Crippen LogP contribution in [0.15, 0.2) is 23.8 Å². The largest absolute Gasteiger partial charge is 0.478 e. The molecule has 116 valence electrons. The van der Waals surface area contributed by atoms with Gasteiger partial charge in [0.15, 0.2) is 0 Å². The average molecular weight is 284 g/mol. The van der Waals surface area contributed by atoms with E-state index in [2.05, 4.69) is 13.8 Å². The fraction of sp³-hybridized carbons (Fsp3) is 0.625. The number of aliphatic carboxylic acids is 1. The van der Waals surface area contributed by atoms with Gasteiger partial charge in [0.05, 0.1) is 6.61 Å². The third-order valence-corrected chi connectivity index (χ3v) is 2.47. The number of carboxylic acid groups (broad SMARTS) is 1. The molecule has 0 unspecified atom stereocenters. The SMILES string of the molecule is C/C=C(\CCCC)C(=O)O.C/C=C/C(=O)OCCCC. The lowest BCUT2D eigenvalue weighted by molar-refractivity contribution is -0.138. The van der Waals surface area contributed by atoms with Crippen molar-refractivity contribution in [1.82, 2.24) is 0 Å². The summed E-state index contributed by atoms with van der Waals surface area (Å²) in [7, 11) is 0. The Labute approximate surface area is 122 Å². The van der Waals surface area contributed by atoms with Gasteiger partial charge in [-0.05, 0) is 33.1 Å². The van der Waals surface area contributed by atoms with Gasteiger partial charge in [-0.15, -0.1) is 0 Å². The van der Waals surface area contributed by atoms with Crippen LogP contribution in [0.5, 0.6) is 0 Å². The minimum Gasteiger partial charge on any atom is -0.478 e. The summed E-state index contributed by atoms with van der Waals surface area (Å²) >= 11 is 0. The average Bonchev–Trinajstić information content (AvgIpc) is 2.40. The molecule has 0 spiro atoms. The van der Waals surface area contributed by atoms with Crippen molar-refractivity contribution in [2.45, 2.75) is 59.8 Å². The lowest BCUT2D eigenvalue weighted by Crippen LogP contribution is -2.01. The molecule has 0 aromatic carbocycles. The van der Waals surface area contributed by atoms with E-state index < -0.39 is 5.97 Å². The number of rotatable bonds is 8. The number of carbonyl (C=O) groups excluding carboxylic acids is 1. The molecule has 0 saturated heterocycles. The predicted octanol–water partition coefficient (Wildman–Crippen LogP) is 4.11. The second-order valence-electron chi connectivity index (χ2n) is 4.24. The van der Waals surface area contributed by atoms with Crippen LogP contribution in [-0.2, 0) is 14.3 Å². The van der Waals surface area contributed by atoms with Gasteiger partial charge >= 0.3 is 11.9 Å². The highest BCUT2D eigenvalue weighted by atomic mass is 16.5. The van der Waals surface area contributed by atoms with Gasteiger partial charge in [-0.25, -0.2) is 9.59 Å². The predicted molar refractivity (Wildman–Crippen MR) is 81.6 cm³/mol. The second kappa shape index (κ2) is 15.5. The number of hydrogen-bond donors (Lipinski definition) is 1. The van der Waals surface area contributed by atoms with Gasteiger partial charge in [0, 0.05) is 11.6 Å². The minimum absolute atomic E-state index is 0.240. The topological polar surface area (TPSA) is 63.6 Å². The molecule has 0 radical (unpaired) electrons. The van der Waals surface area contributed by atoms with Crippen LogP contribution in [0, 0.1) is 0 Å². The molecule has 0 fully saturated rings. The summed E-state index contributed by atoms with van der Waals surface area (Å²) in [5.41, 5.74) is 0.529. The van der Waals surface area contributed by atoms with Crippen LogP contribution in [-0.4, -0.2) is 23.7 Å². The molecule has 0 aliphatic carbocycles. The van der Waals surface area contributed by atoms with Gasteiger partial charge in [-0.1, -0.05) is 38.8 Å². The first kappa shape index (κ1) is 20.7. The number of carboxylic acids is 1. The Hall–Kier alpha value is -1.58. The molecule has 0 aliphatic heterocycles. The molecule has 20 heavy (non-hydrogen) atoms. The van der Waals surface area contributed by atoms with Crippen molar-refractivity contribution in [3.8, 4) is 0 Å². The Morgan fingerprint density at radius 3 is 2.10 bits per heavy atom. The van der Waals surface area contributed by atoms with Crippen molar-refractivity contribution in [1.29, 1.82) is 0 Å². The normalized spacial score (nSPS) is 10.9. The third-order valence-electron chi connectivity index (χ3n) is 2.47. The summed E-state index contributed by atoms with van der Waals surface area (Å²) < 4.78 is 4.80. The van der Waals surface area contributed by atoms with Crippen molar-refractivity contribution in [3.63, 3.8) is 0 Å². The van der Waals surface area contributed by atoms with Crippen molar-refractivity contribution >= 4 is 11.9 Å². The van der Waals surface area contributed by atoms with Gasteiger partial charge in [0.2, 0.25) is 0 Å². The molecule has 0 aliphatic rings. The van der Waals surface area contributed by atoms with E-state index in [9.17, 15) is 9.59 Å². The van der Waals surface area contributed by atoms with E-state index in [1.807, 2.05) is 0 Å². The summed E-state index contributed by atoms with van der Waals surface area (Å²) in [4.78, 5) is 21.0. The smallest absolute Gasteiger partial charge is 0.331 e. The summed E-state index contributed by atoms with van der Waals surface area (Å²) in [5.74, 6) is -1.02. The first-order chi connectivity index (χ1) is 9.53. The van der Waals surface area contributed by atoms with Crippen LogP contribution in [0.1, 0.15) is 59.8 Å². The highest BCUT2D eigenvalue weighted by molar-refractivity contribution is 5.86. The highest BCUT2D eigenvalue weighted by Crippen LogP contribution is 2.06. The third kappa shape index (κ3) is 14.5. The zero-order chi connectivity index (χ0) is 15.8. The van der Waals surface area contributed by atoms with Gasteiger partial charge in [-0.2, -0.15) is 0 Å². The van der Waals surface area contributed by atoms with E-state index in [0.717, 1.165) is 25.7 Å². The monoisotopic (exact) mass is 284 g/mol. The van der Waals surface area contributed by atoms with Crippen molar-refractivity contribution in [2.75, 3.05) is 6.61 Å². The molecule has 0 atom stereocenters. The van der Waals surface area contributed by atoms with Crippen molar-refractivity contribution < 1.29 is 19.4 Å². The second-order valence-corrected chi connectivity index (χ2v) is 4.24. The number of ether oxygens (including phenoxy) is 1. The molecule has 0 heterocycles. The molecule has 0 amide bonds. The van der Waals surface area contributed by atoms with Crippen molar-refractivity contribution in [3.05, 3.63) is 23.8 Å². The summed E-state index contributed by atoms with van der Waals surface area (Å²) in [6, 6.07) is 0. The standard InChI is InChI=1S/2C8H14O2/c1-3-5-6-7(4-2)8(9)10;1-3-5-7-10-8(9)6-4-2/h4H,3,5-6H2,1-2H3,(H,9,10);4,6H,3,5,7H2,1-2H3/b7-4+;6-4+. The van der Waals surface area contributed by atoms with Crippen LogP contribution < -0.4 is 0 Å². The quantitative estimate of drug-likeness (QED) is 0.414. The number of allylic oxidation sites excluding steroid dienone is 2. The van der Waals surface area contributed by atoms with E-state index in [4.69, 9.17) is 9.84 Å². The van der Waals surface area contributed by atoms with Crippen LogP contribution >= 0.6 is 0 Å². The number of unbranched alkanes of at least 4 members (excludes halogenated alkanes) is 2. The molecule has 1 N–H and O–H groups in total. The maximum Gasteiger partial charge on any atom is 0.331 e. The molecule has 0 aromatic heterocycles. The Bertz CT molecular complexity index is 314. The number of esters is 1. The first-order valence-electron chi connectivity index (χ1n) is 7.21. The molecule has 0 aromatic rings. The molecule has 0 rings (SSSR count). The maximum absolute atomic E-state index is 10.6. The fourth-order valence-corrected chi connectivity index (χ4v) is 1.24. The molecule has 0 saturated carbocycles. The maximum atomic E-state index is 10.6.